The molecule has 0 fully saturated rings. The van der Waals surface area contributed by atoms with Gasteiger partial charge in [-0.3, -0.25) is 4.79 Å². The average Bonchev–Trinajstić information content (AvgIpc) is 2.94. The lowest BCUT2D eigenvalue weighted by atomic mass is 10.3. The summed E-state index contributed by atoms with van der Waals surface area (Å²) in [5.74, 6) is 0.490. The molecule has 0 saturated heterocycles. The van der Waals surface area contributed by atoms with Crippen molar-refractivity contribution >= 4 is 43.4 Å². The van der Waals surface area contributed by atoms with Crippen molar-refractivity contribution < 1.29 is 9.53 Å². The first-order valence-corrected chi connectivity index (χ1v) is 8.31. The van der Waals surface area contributed by atoms with E-state index in [1.807, 2.05) is 48.5 Å². The Labute approximate surface area is 140 Å². The Hall–Kier alpha value is -1.92. The molecule has 0 unspecified atom stereocenters. The third-order valence-corrected chi connectivity index (χ3v) is 4.47. The number of carbonyl (C=O) groups excluding carboxylic acids is 1. The maximum absolute atomic E-state index is 11.8. The molecule has 0 atom stereocenters. The Morgan fingerprint density at radius 1 is 1.23 bits per heavy atom. The fraction of sp³-hybridized carbons (Fsp3) is 0.125. The molecule has 1 amide bonds. The van der Waals surface area contributed by atoms with Gasteiger partial charge in [-0.25, -0.2) is 4.98 Å². The van der Waals surface area contributed by atoms with Crippen molar-refractivity contribution in [3.63, 3.8) is 0 Å². The standard InChI is InChI=1S/C16H13BrN2O2S/c17-11-4-3-5-12(8-11)21-10-15(20)18-9-16-19-13-6-1-2-7-14(13)22-16/h1-8H,9-10H2,(H,18,20). The number of nitrogens with zero attached hydrogens (tertiary/aromatic N) is 1. The number of para-hydroxylation sites is 1. The van der Waals surface area contributed by atoms with Crippen LogP contribution in [0.5, 0.6) is 5.75 Å². The van der Waals surface area contributed by atoms with Crippen LogP contribution in [0.25, 0.3) is 10.2 Å². The zero-order chi connectivity index (χ0) is 15.4. The minimum absolute atomic E-state index is 0.0126. The predicted molar refractivity (Wildman–Crippen MR) is 91.1 cm³/mol. The number of hydrogen-bond acceptors (Lipinski definition) is 4. The third-order valence-electron chi connectivity index (χ3n) is 2.94. The van der Waals surface area contributed by atoms with Crippen LogP contribution in [0.2, 0.25) is 0 Å². The molecule has 0 spiro atoms. The minimum atomic E-state index is -0.167. The lowest BCUT2D eigenvalue weighted by molar-refractivity contribution is -0.123. The Morgan fingerprint density at radius 3 is 2.91 bits per heavy atom. The molecule has 1 heterocycles. The molecule has 1 N–H and O–H groups in total. The Balaban J connectivity index is 1.51. The molecule has 4 nitrogen and oxygen atoms in total. The topological polar surface area (TPSA) is 51.2 Å². The maximum atomic E-state index is 11.8. The first-order valence-electron chi connectivity index (χ1n) is 6.70. The molecular weight excluding hydrogens is 364 g/mol. The van der Waals surface area contributed by atoms with Gasteiger partial charge in [0.1, 0.15) is 10.8 Å². The molecule has 3 aromatic rings. The van der Waals surface area contributed by atoms with Gasteiger partial charge in [-0.1, -0.05) is 34.1 Å². The Morgan fingerprint density at radius 2 is 2.09 bits per heavy atom. The van der Waals surface area contributed by atoms with Crippen molar-refractivity contribution in [2.24, 2.45) is 0 Å². The van der Waals surface area contributed by atoms with Gasteiger partial charge >= 0.3 is 0 Å². The first-order chi connectivity index (χ1) is 10.7. The zero-order valence-electron chi connectivity index (χ0n) is 11.6. The summed E-state index contributed by atoms with van der Waals surface area (Å²) in [4.78, 5) is 16.3. The van der Waals surface area contributed by atoms with Gasteiger partial charge in [0.25, 0.3) is 5.91 Å². The van der Waals surface area contributed by atoms with Gasteiger partial charge in [-0.15, -0.1) is 11.3 Å². The summed E-state index contributed by atoms with van der Waals surface area (Å²) in [6, 6.07) is 15.3. The maximum Gasteiger partial charge on any atom is 0.258 e. The summed E-state index contributed by atoms with van der Waals surface area (Å²) >= 11 is 4.94. The number of aromatic nitrogens is 1. The molecule has 22 heavy (non-hydrogen) atoms. The summed E-state index contributed by atoms with van der Waals surface area (Å²) in [6.07, 6.45) is 0. The van der Waals surface area contributed by atoms with E-state index in [9.17, 15) is 4.79 Å². The lowest BCUT2D eigenvalue weighted by Crippen LogP contribution is -2.28. The van der Waals surface area contributed by atoms with Gasteiger partial charge in [0.05, 0.1) is 16.8 Å². The number of benzene rings is 2. The molecule has 3 rings (SSSR count). The van der Waals surface area contributed by atoms with Crippen molar-refractivity contribution in [1.82, 2.24) is 10.3 Å². The number of rotatable bonds is 5. The van der Waals surface area contributed by atoms with Gasteiger partial charge < -0.3 is 10.1 Å². The highest BCUT2D eigenvalue weighted by atomic mass is 79.9. The molecule has 1 aromatic heterocycles. The van der Waals surface area contributed by atoms with Crippen molar-refractivity contribution in [2.75, 3.05) is 6.61 Å². The largest absolute Gasteiger partial charge is 0.484 e. The SMILES string of the molecule is O=C(COc1cccc(Br)c1)NCc1nc2ccccc2s1. The molecule has 0 bridgehead atoms. The summed E-state index contributed by atoms with van der Waals surface area (Å²) < 4.78 is 7.48. The van der Waals surface area contributed by atoms with Gasteiger partial charge in [-0.05, 0) is 30.3 Å². The number of halogens is 1. The Kier molecular flexibility index (Phi) is 4.70. The van der Waals surface area contributed by atoms with E-state index in [-0.39, 0.29) is 12.5 Å². The smallest absolute Gasteiger partial charge is 0.258 e. The van der Waals surface area contributed by atoms with Crippen LogP contribution in [0.3, 0.4) is 0 Å². The molecule has 0 aliphatic carbocycles. The van der Waals surface area contributed by atoms with E-state index in [0.717, 1.165) is 19.7 Å². The summed E-state index contributed by atoms with van der Waals surface area (Å²) in [5, 5.41) is 3.70. The quantitative estimate of drug-likeness (QED) is 0.737. The van der Waals surface area contributed by atoms with Crippen LogP contribution in [-0.2, 0) is 11.3 Å². The van der Waals surface area contributed by atoms with E-state index >= 15 is 0 Å². The number of ether oxygens (including phenoxy) is 1. The first kappa shape index (κ1) is 15.0. The molecule has 112 valence electrons. The van der Waals surface area contributed by atoms with Crippen LogP contribution in [0.4, 0.5) is 0 Å². The fourth-order valence-electron chi connectivity index (χ4n) is 1.93. The zero-order valence-corrected chi connectivity index (χ0v) is 14.0. The summed E-state index contributed by atoms with van der Waals surface area (Å²) in [6.45, 7) is 0.404. The second kappa shape index (κ2) is 6.89. The number of fused-ring (bicyclic) bond motifs is 1. The van der Waals surface area contributed by atoms with Gasteiger partial charge in [0.15, 0.2) is 6.61 Å². The highest BCUT2D eigenvalue weighted by molar-refractivity contribution is 9.10. The van der Waals surface area contributed by atoms with Crippen LogP contribution < -0.4 is 10.1 Å². The number of carbonyl (C=O) groups is 1. The molecule has 0 aliphatic heterocycles. The second-order valence-corrected chi connectivity index (χ2v) is 6.63. The third kappa shape index (κ3) is 3.84. The molecule has 0 saturated carbocycles. The van der Waals surface area contributed by atoms with Crippen LogP contribution in [0.15, 0.2) is 53.0 Å². The lowest BCUT2D eigenvalue weighted by Gasteiger charge is -2.06. The van der Waals surface area contributed by atoms with E-state index < -0.39 is 0 Å². The molecule has 6 heteroatoms. The van der Waals surface area contributed by atoms with E-state index in [4.69, 9.17) is 4.74 Å². The molecule has 2 aromatic carbocycles. The highest BCUT2D eigenvalue weighted by Gasteiger charge is 2.06. The van der Waals surface area contributed by atoms with Crippen molar-refractivity contribution in [1.29, 1.82) is 0 Å². The van der Waals surface area contributed by atoms with E-state index in [0.29, 0.717) is 12.3 Å². The van der Waals surface area contributed by atoms with E-state index in [1.165, 1.54) is 0 Å². The summed E-state index contributed by atoms with van der Waals surface area (Å²) in [5.41, 5.74) is 0.960. The number of hydrogen-bond donors (Lipinski definition) is 1. The van der Waals surface area contributed by atoms with Gasteiger partial charge in [0.2, 0.25) is 0 Å². The van der Waals surface area contributed by atoms with Crippen LogP contribution in [-0.4, -0.2) is 17.5 Å². The summed E-state index contributed by atoms with van der Waals surface area (Å²) in [7, 11) is 0. The second-order valence-electron chi connectivity index (χ2n) is 4.60. The van der Waals surface area contributed by atoms with Gasteiger partial charge in [0, 0.05) is 4.47 Å². The Bertz CT molecular complexity index is 770. The molecular formula is C16H13BrN2O2S. The predicted octanol–water partition coefficient (Wildman–Crippen LogP) is 3.75. The monoisotopic (exact) mass is 376 g/mol. The minimum Gasteiger partial charge on any atom is -0.484 e. The van der Waals surface area contributed by atoms with Crippen molar-refractivity contribution in [2.45, 2.75) is 6.54 Å². The van der Waals surface area contributed by atoms with Crippen molar-refractivity contribution in [3.8, 4) is 5.75 Å². The molecule has 0 radical (unpaired) electrons. The normalized spacial score (nSPS) is 10.6. The fourth-order valence-corrected chi connectivity index (χ4v) is 3.21. The number of amides is 1. The number of thiazole rings is 1. The number of nitrogens with one attached hydrogen (secondary N) is 1. The highest BCUT2D eigenvalue weighted by Crippen LogP contribution is 2.21. The van der Waals surface area contributed by atoms with Crippen LogP contribution in [0.1, 0.15) is 5.01 Å². The van der Waals surface area contributed by atoms with Gasteiger partial charge in [-0.2, -0.15) is 0 Å². The van der Waals surface area contributed by atoms with Crippen LogP contribution in [0, 0.1) is 0 Å². The average molecular weight is 377 g/mol. The van der Waals surface area contributed by atoms with Crippen LogP contribution >= 0.6 is 27.3 Å². The van der Waals surface area contributed by atoms with E-state index in [1.54, 1.807) is 11.3 Å². The van der Waals surface area contributed by atoms with Crippen molar-refractivity contribution in [3.05, 3.63) is 58.0 Å². The molecule has 0 aliphatic rings. The van der Waals surface area contributed by atoms with E-state index in [2.05, 4.69) is 26.2 Å².